The maximum Gasteiger partial charge on any atom is 0.255 e. The summed E-state index contributed by atoms with van der Waals surface area (Å²) in [4.78, 5) is 17.9. The third-order valence-corrected chi connectivity index (χ3v) is 4.22. The second kappa shape index (κ2) is 5.40. The molecule has 0 aromatic carbocycles. The van der Waals surface area contributed by atoms with Crippen molar-refractivity contribution in [3.05, 3.63) is 24.0 Å². The fourth-order valence-corrected chi connectivity index (χ4v) is 3.06. The van der Waals surface area contributed by atoms with Crippen molar-refractivity contribution in [2.75, 3.05) is 18.8 Å². The summed E-state index contributed by atoms with van der Waals surface area (Å²) in [6.07, 6.45) is 3.91. The minimum Gasteiger partial charge on any atom is -0.506 e. The zero-order chi connectivity index (χ0) is 12.3. The van der Waals surface area contributed by atoms with E-state index in [1.807, 2.05) is 16.7 Å². The van der Waals surface area contributed by atoms with Gasteiger partial charge >= 0.3 is 0 Å². The molecular formula is C12H16N2O2S. The Labute approximate surface area is 105 Å². The maximum absolute atomic E-state index is 12.2. The molecule has 0 aliphatic carbocycles. The molecule has 1 amide bonds. The zero-order valence-electron chi connectivity index (χ0n) is 9.80. The lowest BCUT2D eigenvalue weighted by atomic mass is 10.2. The Morgan fingerprint density at radius 1 is 1.65 bits per heavy atom. The van der Waals surface area contributed by atoms with E-state index in [0.717, 1.165) is 25.3 Å². The Morgan fingerprint density at radius 2 is 2.47 bits per heavy atom. The summed E-state index contributed by atoms with van der Waals surface area (Å²) in [5.74, 6) is 0.984. The summed E-state index contributed by atoms with van der Waals surface area (Å²) in [6, 6.07) is 1.47. The van der Waals surface area contributed by atoms with Crippen molar-refractivity contribution >= 4 is 17.7 Å². The topological polar surface area (TPSA) is 53.4 Å². The molecule has 1 unspecified atom stereocenters. The number of hydrogen-bond donors (Lipinski definition) is 1. The predicted molar refractivity (Wildman–Crippen MR) is 68.3 cm³/mol. The first-order chi connectivity index (χ1) is 8.20. The molecule has 1 aromatic rings. The monoisotopic (exact) mass is 252 g/mol. The SMILES string of the molecule is CCC1CN(C(=O)c2cncc(O)c2)CCS1. The Hall–Kier alpha value is -1.23. The van der Waals surface area contributed by atoms with Crippen LogP contribution in [0.4, 0.5) is 0 Å². The fourth-order valence-electron chi connectivity index (χ4n) is 1.88. The smallest absolute Gasteiger partial charge is 0.255 e. The minimum atomic E-state index is -0.0350. The quantitative estimate of drug-likeness (QED) is 0.871. The van der Waals surface area contributed by atoms with Gasteiger partial charge in [-0.2, -0.15) is 11.8 Å². The molecule has 1 atom stereocenters. The number of hydrogen-bond acceptors (Lipinski definition) is 4. The van der Waals surface area contributed by atoms with Gasteiger partial charge in [-0.25, -0.2) is 0 Å². The number of carbonyl (C=O) groups excluding carboxylic acids is 1. The number of aromatic nitrogens is 1. The Balaban J connectivity index is 2.09. The molecule has 1 aliphatic rings. The van der Waals surface area contributed by atoms with Gasteiger partial charge in [-0.3, -0.25) is 9.78 Å². The van der Waals surface area contributed by atoms with Crippen LogP contribution in [0.25, 0.3) is 0 Å². The van der Waals surface area contributed by atoms with Crippen LogP contribution in [0.1, 0.15) is 23.7 Å². The van der Waals surface area contributed by atoms with Crippen LogP contribution in [-0.4, -0.2) is 45.0 Å². The number of rotatable bonds is 2. The highest BCUT2D eigenvalue weighted by Crippen LogP contribution is 2.22. The van der Waals surface area contributed by atoms with E-state index in [2.05, 4.69) is 11.9 Å². The molecular weight excluding hydrogens is 236 g/mol. The van der Waals surface area contributed by atoms with Gasteiger partial charge in [0.25, 0.3) is 5.91 Å². The van der Waals surface area contributed by atoms with Crippen molar-refractivity contribution in [1.29, 1.82) is 0 Å². The Kier molecular flexibility index (Phi) is 3.89. The van der Waals surface area contributed by atoms with Crippen molar-refractivity contribution in [3.63, 3.8) is 0 Å². The fraction of sp³-hybridized carbons (Fsp3) is 0.500. The van der Waals surface area contributed by atoms with Crippen LogP contribution in [-0.2, 0) is 0 Å². The third kappa shape index (κ3) is 2.91. The second-order valence-corrected chi connectivity index (χ2v) is 5.49. The molecule has 1 N–H and O–H groups in total. The molecule has 1 saturated heterocycles. The number of carbonyl (C=O) groups is 1. The molecule has 2 rings (SSSR count). The van der Waals surface area contributed by atoms with Crippen molar-refractivity contribution in [3.8, 4) is 5.75 Å². The third-order valence-electron chi connectivity index (χ3n) is 2.85. The first kappa shape index (κ1) is 12.2. The summed E-state index contributed by atoms with van der Waals surface area (Å²) < 4.78 is 0. The van der Waals surface area contributed by atoms with Crippen LogP contribution in [0.15, 0.2) is 18.5 Å². The van der Waals surface area contributed by atoms with Gasteiger partial charge in [0.2, 0.25) is 0 Å². The molecule has 92 valence electrons. The van der Waals surface area contributed by atoms with Gasteiger partial charge < -0.3 is 10.0 Å². The lowest BCUT2D eigenvalue weighted by molar-refractivity contribution is 0.0760. The van der Waals surface area contributed by atoms with Crippen LogP contribution in [0.5, 0.6) is 5.75 Å². The standard InChI is InChI=1S/C12H16N2O2S/c1-2-11-8-14(3-4-17-11)12(16)9-5-10(15)7-13-6-9/h5-7,11,15H,2-4,8H2,1H3. The van der Waals surface area contributed by atoms with Gasteiger partial charge in [0.1, 0.15) is 5.75 Å². The molecule has 1 aliphatic heterocycles. The molecule has 4 nitrogen and oxygen atoms in total. The number of aromatic hydroxyl groups is 1. The highest BCUT2D eigenvalue weighted by atomic mass is 32.2. The van der Waals surface area contributed by atoms with Gasteiger partial charge in [-0.05, 0) is 12.5 Å². The largest absolute Gasteiger partial charge is 0.506 e. The van der Waals surface area contributed by atoms with Crippen LogP contribution in [0.3, 0.4) is 0 Å². The summed E-state index contributed by atoms with van der Waals surface area (Å²) in [5.41, 5.74) is 0.465. The Bertz CT molecular complexity index is 411. The van der Waals surface area contributed by atoms with E-state index in [4.69, 9.17) is 0 Å². The van der Waals surface area contributed by atoms with Crippen LogP contribution in [0.2, 0.25) is 0 Å². The second-order valence-electron chi connectivity index (χ2n) is 4.08. The molecule has 1 aromatic heterocycles. The summed E-state index contributed by atoms with van der Waals surface area (Å²) in [6.45, 7) is 3.70. The lowest BCUT2D eigenvalue weighted by Gasteiger charge is -2.31. The molecule has 2 heterocycles. The highest BCUT2D eigenvalue weighted by molar-refractivity contribution is 8.00. The van der Waals surface area contributed by atoms with E-state index in [9.17, 15) is 9.90 Å². The number of pyridine rings is 1. The minimum absolute atomic E-state index is 0.0350. The number of amides is 1. The van der Waals surface area contributed by atoms with E-state index in [1.54, 1.807) is 0 Å². The van der Waals surface area contributed by atoms with Crippen molar-refractivity contribution in [1.82, 2.24) is 9.88 Å². The average Bonchev–Trinajstić information content (AvgIpc) is 2.38. The van der Waals surface area contributed by atoms with E-state index < -0.39 is 0 Å². The lowest BCUT2D eigenvalue weighted by Crippen LogP contribution is -2.41. The summed E-state index contributed by atoms with van der Waals surface area (Å²) in [5, 5.41) is 9.85. The summed E-state index contributed by atoms with van der Waals surface area (Å²) >= 11 is 1.92. The van der Waals surface area contributed by atoms with E-state index in [0.29, 0.717) is 10.8 Å². The molecule has 0 radical (unpaired) electrons. The van der Waals surface area contributed by atoms with Gasteiger partial charge in [-0.1, -0.05) is 6.92 Å². The Morgan fingerprint density at radius 3 is 3.18 bits per heavy atom. The first-order valence-corrected chi connectivity index (χ1v) is 6.80. The molecule has 0 saturated carbocycles. The molecule has 0 spiro atoms. The number of nitrogens with zero attached hydrogens (tertiary/aromatic N) is 2. The van der Waals surface area contributed by atoms with Crippen LogP contribution in [0, 0.1) is 0 Å². The van der Waals surface area contributed by atoms with Crippen molar-refractivity contribution < 1.29 is 9.90 Å². The van der Waals surface area contributed by atoms with Crippen LogP contribution < -0.4 is 0 Å². The zero-order valence-corrected chi connectivity index (χ0v) is 10.6. The first-order valence-electron chi connectivity index (χ1n) is 5.75. The van der Waals surface area contributed by atoms with Gasteiger partial charge in [0.05, 0.1) is 11.8 Å². The maximum atomic E-state index is 12.2. The van der Waals surface area contributed by atoms with E-state index >= 15 is 0 Å². The molecule has 17 heavy (non-hydrogen) atoms. The van der Waals surface area contributed by atoms with Gasteiger partial charge in [0.15, 0.2) is 0 Å². The predicted octanol–water partition coefficient (Wildman–Crippen LogP) is 1.75. The normalized spacial score (nSPS) is 20.3. The van der Waals surface area contributed by atoms with Gasteiger partial charge in [-0.15, -0.1) is 0 Å². The summed E-state index contributed by atoms with van der Waals surface area (Å²) in [7, 11) is 0. The van der Waals surface area contributed by atoms with E-state index in [-0.39, 0.29) is 11.7 Å². The molecule has 0 bridgehead atoms. The molecule has 5 heteroatoms. The molecule has 1 fully saturated rings. The van der Waals surface area contributed by atoms with Gasteiger partial charge in [0, 0.05) is 30.3 Å². The highest BCUT2D eigenvalue weighted by Gasteiger charge is 2.24. The van der Waals surface area contributed by atoms with Crippen molar-refractivity contribution in [2.24, 2.45) is 0 Å². The van der Waals surface area contributed by atoms with Crippen LogP contribution >= 0.6 is 11.8 Å². The van der Waals surface area contributed by atoms with E-state index in [1.165, 1.54) is 18.5 Å². The average molecular weight is 252 g/mol. The number of thioether (sulfide) groups is 1. The van der Waals surface area contributed by atoms with Crippen molar-refractivity contribution in [2.45, 2.75) is 18.6 Å².